The number of carboxylic acids is 1. The predicted molar refractivity (Wildman–Crippen MR) is 108 cm³/mol. The van der Waals surface area contributed by atoms with Crippen LogP contribution >= 0.6 is 0 Å². The summed E-state index contributed by atoms with van der Waals surface area (Å²) >= 11 is 0. The number of imidazole rings is 1. The van der Waals surface area contributed by atoms with E-state index < -0.39 is 12.1 Å². The lowest BCUT2D eigenvalue weighted by atomic mass is 10.0. The van der Waals surface area contributed by atoms with Gasteiger partial charge < -0.3 is 19.3 Å². The smallest absolute Gasteiger partial charge is 0.490 e. The van der Waals surface area contributed by atoms with Gasteiger partial charge in [-0.25, -0.2) is 9.78 Å². The van der Waals surface area contributed by atoms with Crippen LogP contribution in [-0.2, 0) is 29.7 Å². The Morgan fingerprint density at radius 3 is 2.34 bits per heavy atom. The number of carboxylic acid groups (broad SMARTS) is 1. The molecule has 3 heterocycles. The van der Waals surface area contributed by atoms with Gasteiger partial charge in [-0.15, -0.1) is 0 Å². The molecule has 2 atom stereocenters. The van der Waals surface area contributed by atoms with Crippen LogP contribution in [0.3, 0.4) is 0 Å². The van der Waals surface area contributed by atoms with Crippen LogP contribution in [0.15, 0.2) is 36.7 Å². The van der Waals surface area contributed by atoms with Crippen LogP contribution in [-0.4, -0.2) is 69.3 Å². The Kier molecular flexibility index (Phi) is 7.07. The average molecular weight is 454 g/mol. The van der Waals surface area contributed by atoms with Crippen LogP contribution in [0, 0.1) is 11.8 Å². The summed E-state index contributed by atoms with van der Waals surface area (Å²) in [4.78, 5) is 30.4. The first-order chi connectivity index (χ1) is 15.1. The Bertz CT molecular complexity index is 945. The number of fused-ring (bicyclic) bond motifs is 1. The minimum Gasteiger partial charge on any atom is -0.497 e. The van der Waals surface area contributed by atoms with Gasteiger partial charge in [0.05, 0.1) is 19.6 Å². The number of amides is 1. The van der Waals surface area contributed by atoms with E-state index in [1.54, 1.807) is 7.11 Å². The molecule has 2 aliphatic heterocycles. The van der Waals surface area contributed by atoms with Gasteiger partial charge in [-0.2, -0.15) is 13.2 Å². The summed E-state index contributed by atoms with van der Waals surface area (Å²) in [5, 5.41) is 7.12. The molecule has 0 aliphatic carbocycles. The largest absolute Gasteiger partial charge is 0.497 e. The number of benzene rings is 1. The number of halogens is 3. The fourth-order valence-electron chi connectivity index (χ4n) is 4.00. The number of aryl methyl sites for hydroxylation is 1. The number of aromatic nitrogens is 2. The summed E-state index contributed by atoms with van der Waals surface area (Å²) in [5.74, 6) is 0.0148. The summed E-state index contributed by atoms with van der Waals surface area (Å²) in [5.41, 5.74) is 1.15. The van der Waals surface area contributed by atoms with Crippen LogP contribution in [0.25, 0.3) is 0 Å². The van der Waals surface area contributed by atoms with Gasteiger partial charge in [0.25, 0.3) is 0 Å². The summed E-state index contributed by atoms with van der Waals surface area (Å²) in [6.07, 6.45) is -1.29. The van der Waals surface area contributed by atoms with E-state index in [0.29, 0.717) is 18.4 Å². The molecular formula is C21H25F3N4O4. The summed E-state index contributed by atoms with van der Waals surface area (Å²) < 4.78 is 39.0. The number of methoxy groups -OCH3 is 1. The van der Waals surface area contributed by atoms with E-state index in [2.05, 4.69) is 9.88 Å². The van der Waals surface area contributed by atoms with Crippen LogP contribution in [0.4, 0.5) is 13.2 Å². The number of ether oxygens (including phenoxy) is 1. The minimum atomic E-state index is -5.08. The maximum absolute atomic E-state index is 12.8. The molecule has 8 nitrogen and oxygen atoms in total. The molecule has 1 aromatic carbocycles. The minimum absolute atomic E-state index is 0.138. The van der Waals surface area contributed by atoms with Crippen molar-refractivity contribution in [3.63, 3.8) is 0 Å². The Hall–Kier alpha value is -3.08. The zero-order valence-electron chi connectivity index (χ0n) is 17.7. The fraction of sp³-hybridized carbons (Fsp3) is 0.476. The molecule has 0 bridgehead atoms. The quantitative estimate of drug-likeness (QED) is 0.745. The van der Waals surface area contributed by atoms with E-state index in [1.807, 2.05) is 53.2 Å². The molecular weight excluding hydrogens is 429 g/mol. The van der Waals surface area contributed by atoms with Crippen molar-refractivity contribution in [1.29, 1.82) is 0 Å². The van der Waals surface area contributed by atoms with E-state index in [4.69, 9.17) is 14.6 Å². The zero-order valence-corrected chi connectivity index (χ0v) is 17.7. The lowest BCUT2D eigenvalue weighted by molar-refractivity contribution is -0.192. The number of aliphatic carboxylic acids is 1. The van der Waals surface area contributed by atoms with Crippen molar-refractivity contribution in [2.45, 2.75) is 19.3 Å². The van der Waals surface area contributed by atoms with Crippen molar-refractivity contribution in [2.24, 2.45) is 18.9 Å². The Morgan fingerprint density at radius 2 is 1.84 bits per heavy atom. The molecule has 1 N–H and O–H groups in total. The summed E-state index contributed by atoms with van der Waals surface area (Å²) in [6, 6.07) is 7.97. The molecule has 2 fully saturated rings. The molecule has 1 amide bonds. The highest BCUT2D eigenvalue weighted by molar-refractivity contribution is 5.82. The zero-order chi connectivity index (χ0) is 23.5. The van der Waals surface area contributed by atoms with Gasteiger partial charge in [0.1, 0.15) is 11.6 Å². The van der Waals surface area contributed by atoms with Gasteiger partial charge in [0, 0.05) is 51.5 Å². The second kappa shape index (κ2) is 9.60. The van der Waals surface area contributed by atoms with Gasteiger partial charge in [-0.1, -0.05) is 12.1 Å². The normalized spacial score (nSPS) is 20.7. The molecule has 32 heavy (non-hydrogen) atoms. The van der Waals surface area contributed by atoms with Gasteiger partial charge in [-0.05, 0) is 17.7 Å². The lowest BCUT2D eigenvalue weighted by Gasteiger charge is -2.21. The third kappa shape index (κ3) is 5.58. The molecule has 11 heteroatoms. The number of nitrogens with zero attached hydrogens (tertiary/aromatic N) is 4. The van der Waals surface area contributed by atoms with Crippen molar-refractivity contribution < 1.29 is 32.6 Å². The van der Waals surface area contributed by atoms with Crippen LogP contribution in [0.2, 0.25) is 0 Å². The maximum atomic E-state index is 12.8. The monoisotopic (exact) mass is 454 g/mol. The van der Waals surface area contributed by atoms with Crippen molar-refractivity contribution in [1.82, 2.24) is 19.4 Å². The van der Waals surface area contributed by atoms with Gasteiger partial charge in [0.15, 0.2) is 0 Å². The number of carbonyl (C=O) groups is 2. The van der Waals surface area contributed by atoms with E-state index in [-0.39, 0.29) is 5.92 Å². The topological polar surface area (TPSA) is 87.9 Å². The van der Waals surface area contributed by atoms with E-state index in [9.17, 15) is 18.0 Å². The first-order valence-corrected chi connectivity index (χ1v) is 9.99. The van der Waals surface area contributed by atoms with E-state index in [1.165, 1.54) is 0 Å². The number of carbonyl (C=O) groups excluding carboxylic acids is 1. The molecule has 2 aliphatic rings. The molecule has 1 aromatic heterocycles. The van der Waals surface area contributed by atoms with Crippen molar-refractivity contribution in [2.75, 3.05) is 26.7 Å². The molecule has 4 rings (SSSR count). The Labute approximate surface area is 183 Å². The average Bonchev–Trinajstić information content (AvgIpc) is 3.40. The Balaban J connectivity index is 0.000000360. The van der Waals surface area contributed by atoms with Gasteiger partial charge in [0.2, 0.25) is 5.91 Å². The second-order valence-corrected chi connectivity index (χ2v) is 7.88. The highest BCUT2D eigenvalue weighted by atomic mass is 19.4. The molecule has 0 radical (unpaired) electrons. The van der Waals surface area contributed by atoms with E-state index in [0.717, 1.165) is 43.3 Å². The lowest BCUT2D eigenvalue weighted by Crippen LogP contribution is -2.32. The molecule has 0 saturated carbocycles. The highest BCUT2D eigenvalue weighted by Crippen LogP contribution is 2.33. The SMILES string of the molecule is COc1ccc(CN2C[C@@H]3CN(Cc4nccn4C)C[C@@H]3C2=O)cc1.O=C(O)C(F)(F)F. The number of rotatable bonds is 5. The predicted octanol–water partition coefficient (Wildman–Crippen LogP) is 2.15. The number of hydrogen-bond acceptors (Lipinski definition) is 5. The third-order valence-corrected chi connectivity index (χ3v) is 5.66. The molecule has 174 valence electrons. The van der Waals surface area contributed by atoms with Crippen molar-refractivity contribution in [3.05, 3.63) is 48.0 Å². The van der Waals surface area contributed by atoms with Crippen LogP contribution < -0.4 is 4.74 Å². The molecule has 2 aromatic rings. The highest BCUT2D eigenvalue weighted by Gasteiger charge is 2.46. The van der Waals surface area contributed by atoms with E-state index >= 15 is 0 Å². The molecule has 0 unspecified atom stereocenters. The summed E-state index contributed by atoms with van der Waals surface area (Å²) in [6.45, 7) is 4.18. The first-order valence-electron chi connectivity index (χ1n) is 9.99. The van der Waals surface area contributed by atoms with Gasteiger partial charge >= 0.3 is 12.1 Å². The first kappa shape index (κ1) is 23.6. The van der Waals surface area contributed by atoms with Crippen molar-refractivity contribution >= 4 is 11.9 Å². The Morgan fingerprint density at radius 1 is 1.19 bits per heavy atom. The third-order valence-electron chi connectivity index (χ3n) is 5.66. The molecule has 2 saturated heterocycles. The fourth-order valence-corrected chi connectivity index (χ4v) is 4.00. The number of likely N-dealkylation sites (tertiary alicyclic amines) is 2. The summed E-state index contributed by atoms with van der Waals surface area (Å²) in [7, 11) is 3.68. The van der Waals surface area contributed by atoms with Crippen LogP contribution in [0.1, 0.15) is 11.4 Å². The standard InChI is InChI=1S/C19H24N4O2.C2HF3O2/c1-21-8-7-20-18(21)13-22-10-15-11-23(19(24)17(15)12-22)9-14-3-5-16(25-2)6-4-14;3-2(4,5)1(6)7/h3-8,15,17H,9-13H2,1-2H3;(H,6,7)/t15-,17-;/m0./s1. The maximum Gasteiger partial charge on any atom is 0.490 e. The molecule has 0 spiro atoms. The second-order valence-electron chi connectivity index (χ2n) is 7.88. The number of hydrogen-bond donors (Lipinski definition) is 1. The number of alkyl halides is 3. The van der Waals surface area contributed by atoms with Crippen molar-refractivity contribution in [3.8, 4) is 5.75 Å². The van der Waals surface area contributed by atoms with Gasteiger partial charge in [-0.3, -0.25) is 9.69 Å². The van der Waals surface area contributed by atoms with Crippen LogP contribution in [0.5, 0.6) is 5.75 Å².